The first-order valence-corrected chi connectivity index (χ1v) is 9.73. The Bertz CT molecular complexity index is 681. The maximum atomic E-state index is 12.1. The van der Waals surface area contributed by atoms with Gasteiger partial charge in [0.05, 0.1) is 18.8 Å². The molecule has 0 fully saturated rings. The van der Waals surface area contributed by atoms with Crippen LogP contribution in [-0.2, 0) is 22.5 Å². The maximum absolute atomic E-state index is 12.1. The minimum atomic E-state index is -0.231. The van der Waals surface area contributed by atoms with Crippen LogP contribution in [-0.4, -0.2) is 24.2 Å². The second-order valence-corrected chi connectivity index (χ2v) is 7.11. The van der Waals surface area contributed by atoms with Crippen LogP contribution < -0.4 is 0 Å². The lowest BCUT2D eigenvalue weighted by molar-refractivity contribution is 0.0499. The fourth-order valence-corrected chi connectivity index (χ4v) is 3.16. The van der Waals surface area contributed by atoms with Gasteiger partial charge in [-0.1, -0.05) is 19.4 Å². The Kier molecular flexibility index (Phi) is 8.09. The first-order chi connectivity index (χ1) is 12.1. The SMILES string of the molecule is CCCCOC(=O)c1ccc(C)c(CCCOCc2nc(C)cs2)c1. The van der Waals surface area contributed by atoms with Gasteiger partial charge in [-0.05, 0) is 56.4 Å². The number of hydrogen-bond acceptors (Lipinski definition) is 5. The van der Waals surface area contributed by atoms with E-state index < -0.39 is 0 Å². The van der Waals surface area contributed by atoms with Crippen LogP contribution in [0.1, 0.15) is 58.4 Å². The number of ether oxygens (including phenoxy) is 2. The second kappa shape index (κ2) is 10.3. The van der Waals surface area contributed by atoms with Gasteiger partial charge in [-0.2, -0.15) is 0 Å². The van der Waals surface area contributed by atoms with E-state index in [2.05, 4.69) is 18.8 Å². The average Bonchev–Trinajstić information content (AvgIpc) is 3.01. The molecular formula is C20H27NO3S. The van der Waals surface area contributed by atoms with E-state index in [1.54, 1.807) is 11.3 Å². The Morgan fingerprint density at radius 1 is 1.20 bits per heavy atom. The molecule has 1 aromatic heterocycles. The Morgan fingerprint density at radius 3 is 2.76 bits per heavy atom. The van der Waals surface area contributed by atoms with Gasteiger partial charge < -0.3 is 9.47 Å². The first kappa shape index (κ1) is 19.6. The van der Waals surface area contributed by atoms with Crippen molar-refractivity contribution in [2.45, 2.75) is 53.1 Å². The molecule has 25 heavy (non-hydrogen) atoms. The van der Waals surface area contributed by atoms with Gasteiger partial charge in [0.1, 0.15) is 5.01 Å². The lowest BCUT2D eigenvalue weighted by atomic mass is 10.0. The standard InChI is InChI=1S/C20H27NO3S/c1-4-5-11-24-20(22)18-9-8-15(2)17(12-18)7-6-10-23-13-19-21-16(3)14-25-19/h8-9,12,14H,4-7,10-11,13H2,1-3H3. The minimum Gasteiger partial charge on any atom is -0.462 e. The summed E-state index contributed by atoms with van der Waals surface area (Å²) in [6.07, 6.45) is 3.73. The number of rotatable bonds is 10. The molecule has 5 heteroatoms. The molecule has 4 nitrogen and oxygen atoms in total. The maximum Gasteiger partial charge on any atom is 0.338 e. The Labute approximate surface area is 154 Å². The number of thiazole rings is 1. The zero-order valence-electron chi connectivity index (χ0n) is 15.3. The third-order valence-electron chi connectivity index (χ3n) is 3.94. The number of benzene rings is 1. The molecule has 0 amide bonds. The van der Waals surface area contributed by atoms with Crippen LogP contribution in [0.25, 0.3) is 0 Å². The van der Waals surface area contributed by atoms with Gasteiger partial charge in [-0.25, -0.2) is 9.78 Å². The van der Waals surface area contributed by atoms with Crippen LogP contribution in [0.3, 0.4) is 0 Å². The van der Waals surface area contributed by atoms with Crippen molar-refractivity contribution in [1.82, 2.24) is 4.98 Å². The number of aryl methyl sites for hydroxylation is 3. The summed E-state index contributed by atoms with van der Waals surface area (Å²) in [6, 6.07) is 5.78. The minimum absolute atomic E-state index is 0.231. The number of nitrogens with zero attached hydrogens (tertiary/aromatic N) is 1. The van der Waals surface area contributed by atoms with Gasteiger partial charge in [-0.3, -0.25) is 0 Å². The molecular weight excluding hydrogens is 334 g/mol. The molecule has 2 rings (SSSR count). The van der Waals surface area contributed by atoms with Gasteiger partial charge in [0.2, 0.25) is 0 Å². The molecule has 0 saturated carbocycles. The molecule has 0 bridgehead atoms. The van der Waals surface area contributed by atoms with Crippen molar-refractivity contribution in [3.05, 3.63) is 51.0 Å². The lowest BCUT2D eigenvalue weighted by Crippen LogP contribution is -2.07. The smallest absolute Gasteiger partial charge is 0.338 e. The van der Waals surface area contributed by atoms with E-state index in [-0.39, 0.29) is 5.97 Å². The molecule has 0 radical (unpaired) electrons. The predicted molar refractivity (Wildman–Crippen MR) is 101 cm³/mol. The van der Waals surface area contributed by atoms with Crippen LogP contribution in [0.2, 0.25) is 0 Å². The van der Waals surface area contributed by atoms with Crippen molar-refractivity contribution < 1.29 is 14.3 Å². The van der Waals surface area contributed by atoms with Crippen molar-refractivity contribution in [2.75, 3.05) is 13.2 Å². The molecule has 0 N–H and O–H groups in total. The molecule has 0 saturated heterocycles. The van der Waals surface area contributed by atoms with E-state index in [9.17, 15) is 4.79 Å². The van der Waals surface area contributed by atoms with E-state index in [1.165, 1.54) is 11.1 Å². The van der Waals surface area contributed by atoms with Gasteiger partial charge in [0.15, 0.2) is 0 Å². The van der Waals surface area contributed by atoms with Crippen LogP contribution in [0, 0.1) is 13.8 Å². The molecule has 0 aliphatic carbocycles. The normalized spacial score (nSPS) is 10.8. The van der Waals surface area contributed by atoms with Crippen molar-refractivity contribution in [3.8, 4) is 0 Å². The first-order valence-electron chi connectivity index (χ1n) is 8.85. The summed E-state index contributed by atoms with van der Waals surface area (Å²) in [5.74, 6) is -0.231. The van der Waals surface area contributed by atoms with E-state index in [1.807, 2.05) is 30.5 Å². The fourth-order valence-electron chi connectivity index (χ4n) is 2.45. The lowest BCUT2D eigenvalue weighted by Gasteiger charge is -2.09. The molecule has 0 spiro atoms. The summed E-state index contributed by atoms with van der Waals surface area (Å²) >= 11 is 1.63. The summed E-state index contributed by atoms with van der Waals surface area (Å²) in [5.41, 5.74) is 4.05. The van der Waals surface area contributed by atoms with E-state index in [0.717, 1.165) is 36.4 Å². The molecule has 2 aromatic rings. The molecule has 0 atom stereocenters. The zero-order valence-corrected chi connectivity index (χ0v) is 16.2. The summed E-state index contributed by atoms with van der Waals surface area (Å²) < 4.78 is 11.0. The highest BCUT2D eigenvalue weighted by molar-refractivity contribution is 7.09. The Morgan fingerprint density at radius 2 is 2.04 bits per heavy atom. The highest BCUT2D eigenvalue weighted by Gasteiger charge is 2.09. The molecule has 0 aliphatic heterocycles. The summed E-state index contributed by atoms with van der Waals surface area (Å²) in [7, 11) is 0. The van der Waals surface area contributed by atoms with Crippen LogP contribution in [0.4, 0.5) is 0 Å². The quantitative estimate of drug-likeness (QED) is 0.448. The Balaban J connectivity index is 1.78. The van der Waals surface area contributed by atoms with Crippen LogP contribution in [0.15, 0.2) is 23.6 Å². The number of carbonyl (C=O) groups excluding carboxylic acids is 1. The topological polar surface area (TPSA) is 48.4 Å². The molecule has 0 unspecified atom stereocenters. The molecule has 1 heterocycles. The average molecular weight is 362 g/mol. The van der Waals surface area contributed by atoms with E-state index in [4.69, 9.17) is 9.47 Å². The van der Waals surface area contributed by atoms with Gasteiger partial charge in [0.25, 0.3) is 0 Å². The molecule has 1 aromatic carbocycles. The van der Waals surface area contributed by atoms with Crippen molar-refractivity contribution in [3.63, 3.8) is 0 Å². The van der Waals surface area contributed by atoms with Crippen molar-refractivity contribution in [1.29, 1.82) is 0 Å². The third-order valence-corrected chi connectivity index (χ3v) is 4.88. The second-order valence-electron chi connectivity index (χ2n) is 6.17. The number of hydrogen-bond donors (Lipinski definition) is 0. The Hall–Kier alpha value is -1.72. The number of unbranched alkanes of at least 4 members (excludes halogenated alkanes) is 1. The number of aromatic nitrogens is 1. The van der Waals surface area contributed by atoms with Crippen molar-refractivity contribution in [2.24, 2.45) is 0 Å². The summed E-state index contributed by atoms with van der Waals surface area (Å²) in [5, 5.41) is 3.05. The molecule has 0 aliphatic rings. The monoisotopic (exact) mass is 361 g/mol. The van der Waals surface area contributed by atoms with E-state index >= 15 is 0 Å². The highest BCUT2D eigenvalue weighted by atomic mass is 32.1. The summed E-state index contributed by atoms with van der Waals surface area (Å²) in [4.78, 5) is 16.4. The molecule has 136 valence electrons. The van der Waals surface area contributed by atoms with Crippen LogP contribution in [0.5, 0.6) is 0 Å². The van der Waals surface area contributed by atoms with Gasteiger partial charge in [-0.15, -0.1) is 11.3 Å². The zero-order chi connectivity index (χ0) is 18.1. The van der Waals surface area contributed by atoms with Gasteiger partial charge in [0, 0.05) is 17.7 Å². The van der Waals surface area contributed by atoms with Gasteiger partial charge >= 0.3 is 5.97 Å². The predicted octanol–water partition coefficient (Wildman–Crippen LogP) is 4.87. The van der Waals surface area contributed by atoms with Crippen LogP contribution >= 0.6 is 11.3 Å². The van der Waals surface area contributed by atoms with E-state index in [0.29, 0.717) is 25.4 Å². The number of carbonyl (C=O) groups is 1. The number of esters is 1. The third kappa shape index (κ3) is 6.59. The highest BCUT2D eigenvalue weighted by Crippen LogP contribution is 2.15. The fraction of sp³-hybridized carbons (Fsp3) is 0.500. The summed E-state index contributed by atoms with van der Waals surface area (Å²) in [6.45, 7) is 7.88. The largest absolute Gasteiger partial charge is 0.462 e. The van der Waals surface area contributed by atoms with Crippen molar-refractivity contribution >= 4 is 17.3 Å².